The van der Waals surface area contributed by atoms with Gasteiger partial charge in [-0.1, -0.05) is 0 Å². The van der Waals surface area contributed by atoms with Crippen molar-refractivity contribution in [2.45, 2.75) is 50.6 Å². The number of carbonyl (C=O) groups is 2. The van der Waals surface area contributed by atoms with Crippen LogP contribution in [0.4, 0.5) is 0 Å². The third-order valence-electron chi connectivity index (χ3n) is 4.08. The number of carbonyl (C=O) groups excluding carboxylic acids is 2. The SMILES string of the molecule is COC(=O)C1CCCN1C(=O)C1(C)CCCCN1. The van der Waals surface area contributed by atoms with Crippen LogP contribution in [0.2, 0.25) is 0 Å². The van der Waals surface area contributed by atoms with Gasteiger partial charge >= 0.3 is 5.97 Å². The van der Waals surface area contributed by atoms with E-state index in [9.17, 15) is 9.59 Å². The Kier molecular flexibility index (Phi) is 3.90. The zero-order chi connectivity index (χ0) is 13.2. The summed E-state index contributed by atoms with van der Waals surface area (Å²) in [6.07, 6.45) is 4.61. The number of esters is 1. The average Bonchev–Trinajstić information content (AvgIpc) is 2.86. The number of amides is 1. The van der Waals surface area contributed by atoms with Crippen molar-refractivity contribution in [2.24, 2.45) is 0 Å². The van der Waals surface area contributed by atoms with E-state index in [1.54, 1.807) is 4.90 Å². The van der Waals surface area contributed by atoms with Gasteiger partial charge in [0.2, 0.25) is 5.91 Å². The van der Waals surface area contributed by atoms with Crippen molar-refractivity contribution in [1.82, 2.24) is 10.2 Å². The van der Waals surface area contributed by atoms with E-state index >= 15 is 0 Å². The summed E-state index contributed by atoms with van der Waals surface area (Å²) in [4.78, 5) is 26.0. The summed E-state index contributed by atoms with van der Waals surface area (Å²) < 4.78 is 4.78. The molecular weight excluding hydrogens is 232 g/mol. The summed E-state index contributed by atoms with van der Waals surface area (Å²) in [6.45, 7) is 3.48. The fraction of sp³-hybridized carbons (Fsp3) is 0.846. The van der Waals surface area contributed by atoms with Gasteiger partial charge in [-0.15, -0.1) is 0 Å². The van der Waals surface area contributed by atoms with E-state index in [1.807, 2.05) is 6.92 Å². The zero-order valence-electron chi connectivity index (χ0n) is 11.2. The van der Waals surface area contributed by atoms with E-state index < -0.39 is 5.54 Å². The Morgan fingerprint density at radius 1 is 1.33 bits per heavy atom. The second kappa shape index (κ2) is 5.26. The van der Waals surface area contributed by atoms with E-state index in [2.05, 4.69) is 5.32 Å². The van der Waals surface area contributed by atoms with Gasteiger partial charge < -0.3 is 15.0 Å². The molecule has 1 N–H and O–H groups in total. The minimum absolute atomic E-state index is 0.0510. The van der Waals surface area contributed by atoms with Crippen LogP contribution in [0.5, 0.6) is 0 Å². The molecule has 0 saturated carbocycles. The van der Waals surface area contributed by atoms with Crippen molar-refractivity contribution >= 4 is 11.9 Å². The predicted octanol–water partition coefficient (Wildman–Crippen LogP) is 0.683. The average molecular weight is 254 g/mol. The van der Waals surface area contributed by atoms with Crippen molar-refractivity contribution < 1.29 is 14.3 Å². The van der Waals surface area contributed by atoms with E-state index in [0.717, 1.165) is 32.2 Å². The summed E-state index contributed by atoms with van der Waals surface area (Å²) in [7, 11) is 1.38. The topological polar surface area (TPSA) is 58.6 Å². The summed E-state index contributed by atoms with van der Waals surface area (Å²) >= 11 is 0. The Labute approximate surface area is 108 Å². The van der Waals surface area contributed by atoms with Gasteiger partial charge in [0.15, 0.2) is 0 Å². The molecule has 2 saturated heterocycles. The summed E-state index contributed by atoms with van der Waals surface area (Å²) in [5.41, 5.74) is -0.505. The van der Waals surface area contributed by atoms with Gasteiger partial charge in [0.25, 0.3) is 0 Å². The summed E-state index contributed by atoms with van der Waals surface area (Å²) in [6, 6.07) is -0.386. The van der Waals surface area contributed by atoms with Gasteiger partial charge in [0, 0.05) is 6.54 Å². The standard InChI is InChI=1S/C13H22N2O3/c1-13(7-3-4-8-14-13)12(17)15-9-5-6-10(15)11(16)18-2/h10,14H,3-9H2,1-2H3. The maximum Gasteiger partial charge on any atom is 0.328 e. The van der Waals surface area contributed by atoms with Gasteiger partial charge in [-0.3, -0.25) is 4.79 Å². The molecule has 2 heterocycles. The molecule has 0 aromatic heterocycles. The number of piperidine rings is 1. The molecule has 2 atom stereocenters. The van der Waals surface area contributed by atoms with Crippen molar-refractivity contribution in [3.8, 4) is 0 Å². The Balaban J connectivity index is 2.09. The maximum absolute atomic E-state index is 12.6. The van der Waals surface area contributed by atoms with E-state index in [0.29, 0.717) is 13.0 Å². The van der Waals surface area contributed by atoms with Crippen molar-refractivity contribution in [1.29, 1.82) is 0 Å². The van der Waals surface area contributed by atoms with Crippen LogP contribution in [0.1, 0.15) is 39.0 Å². The number of hydrogen-bond donors (Lipinski definition) is 1. The first-order valence-corrected chi connectivity index (χ1v) is 6.72. The van der Waals surface area contributed by atoms with Gasteiger partial charge in [0.1, 0.15) is 6.04 Å². The van der Waals surface area contributed by atoms with Gasteiger partial charge in [-0.05, 0) is 45.6 Å². The highest BCUT2D eigenvalue weighted by Crippen LogP contribution is 2.26. The molecule has 2 fully saturated rings. The van der Waals surface area contributed by atoms with Crippen molar-refractivity contribution in [3.63, 3.8) is 0 Å². The van der Waals surface area contributed by atoms with E-state index in [-0.39, 0.29) is 17.9 Å². The fourth-order valence-electron chi connectivity index (χ4n) is 2.95. The molecule has 2 rings (SSSR count). The third kappa shape index (κ3) is 2.36. The quantitative estimate of drug-likeness (QED) is 0.736. The zero-order valence-corrected chi connectivity index (χ0v) is 11.2. The first-order valence-electron chi connectivity index (χ1n) is 6.72. The molecule has 0 radical (unpaired) electrons. The molecule has 2 unspecified atom stereocenters. The van der Waals surface area contributed by atoms with Crippen LogP contribution < -0.4 is 5.32 Å². The van der Waals surface area contributed by atoms with Gasteiger partial charge in [-0.25, -0.2) is 4.79 Å². The molecule has 2 aliphatic heterocycles. The Bertz CT molecular complexity index is 337. The summed E-state index contributed by atoms with van der Waals surface area (Å²) in [5.74, 6) is -0.240. The lowest BCUT2D eigenvalue weighted by Gasteiger charge is -2.38. The van der Waals surface area contributed by atoms with E-state index in [4.69, 9.17) is 4.74 Å². The second-order valence-electron chi connectivity index (χ2n) is 5.40. The van der Waals surface area contributed by atoms with Crippen LogP contribution in [-0.2, 0) is 14.3 Å². The molecule has 0 aliphatic carbocycles. The number of rotatable bonds is 2. The first-order chi connectivity index (χ1) is 8.58. The summed E-state index contributed by atoms with van der Waals surface area (Å²) in [5, 5.41) is 3.31. The lowest BCUT2D eigenvalue weighted by Crippen LogP contribution is -2.59. The number of methoxy groups -OCH3 is 1. The highest BCUT2D eigenvalue weighted by molar-refractivity contribution is 5.90. The van der Waals surface area contributed by atoms with Gasteiger partial charge in [0.05, 0.1) is 12.6 Å². The van der Waals surface area contributed by atoms with Crippen LogP contribution >= 0.6 is 0 Å². The molecule has 18 heavy (non-hydrogen) atoms. The number of likely N-dealkylation sites (tertiary alicyclic amines) is 1. The molecule has 1 amide bonds. The molecule has 0 aromatic rings. The minimum atomic E-state index is -0.505. The first kappa shape index (κ1) is 13.3. The molecule has 102 valence electrons. The molecular formula is C13H22N2O3. The Morgan fingerprint density at radius 3 is 2.72 bits per heavy atom. The largest absolute Gasteiger partial charge is 0.467 e. The molecule has 0 aromatic carbocycles. The molecule has 5 nitrogen and oxygen atoms in total. The Morgan fingerprint density at radius 2 is 2.11 bits per heavy atom. The smallest absolute Gasteiger partial charge is 0.328 e. The highest BCUT2D eigenvalue weighted by Gasteiger charge is 2.43. The lowest BCUT2D eigenvalue weighted by atomic mass is 9.89. The molecule has 0 bridgehead atoms. The predicted molar refractivity (Wildman–Crippen MR) is 67.0 cm³/mol. The third-order valence-corrected chi connectivity index (χ3v) is 4.08. The Hall–Kier alpha value is -1.10. The van der Waals surface area contributed by atoms with Crippen LogP contribution in [-0.4, -0.2) is 48.6 Å². The second-order valence-corrected chi connectivity index (χ2v) is 5.40. The number of nitrogens with one attached hydrogen (secondary N) is 1. The van der Waals surface area contributed by atoms with Crippen LogP contribution in [0.3, 0.4) is 0 Å². The van der Waals surface area contributed by atoms with Crippen LogP contribution in [0, 0.1) is 0 Å². The minimum Gasteiger partial charge on any atom is -0.467 e. The van der Waals surface area contributed by atoms with Crippen molar-refractivity contribution in [3.05, 3.63) is 0 Å². The highest BCUT2D eigenvalue weighted by atomic mass is 16.5. The van der Waals surface area contributed by atoms with Gasteiger partial charge in [-0.2, -0.15) is 0 Å². The lowest BCUT2D eigenvalue weighted by molar-refractivity contribution is -0.153. The van der Waals surface area contributed by atoms with Crippen molar-refractivity contribution in [2.75, 3.05) is 20.2 Å². The normalized spacial score (nSPS) is 32.3. The van der Waals surface area contributed by atoms with E-state index in [1.165, 1.54) is 7.11 Å². The molecule has 5 heteroatoms. The molecule has 2 aliphatic rings. The number of ether oxygens (including phenoxy) is 1. The monoisotopic (exact) mass is 254 g/mol. The number of hydrogen-bond acceptors (Lipinski definition) is 4. The maximum atomic E-state index is 12.6. The van der Waals surface area contributed by atoms with Crippen LogP contribution in [0.25, 0.3) is 0 Å². The fourth-order valence-corrected chi connectivity index (χ4v) is 2.95. The molecule has 0 spiro atoms. The van der Waals surface area contributed by atoms with Crippen LogP contribution in [0.15, 0.2) is 0 Å². The number of nitrogens with zero attached hydrogens (tertiary/aromatic N) is 1.